The van der Waals surface area contributed by atoms with E-state index in [0.717, 1.165) is 12.1 Å². The Morgan fingerprint density at radius 3 is 2.69 bits per heavy atom. The first kappa shape index (κ1) is 20.7. The maximum atomic E-state index is 12.4. The Balaban J connectivity index is 0.00000182. The standard InChI is InChI=1S/C15H12F3N3O3S.Na.H/c1-23-10-4-5-19-9(6-10)8-25(22)14-20-12-3-2-11(7-13(12)21-14)24-15(16,17)18;;/h2-7H,8H2,1H3,(H,20,21);;/q;+1;-1. The van der Waals surface area contributed by atoms with Crippen LogP contribution in [0.1, 0.15) is 7.12 Å². The second-order valence-electron chi connectivity index (χ2n) is 4.95. The van der Waals surface area contributed by atoms with Crippen LogP contribution in [-0.2, 0) is 16.6 Å². The summed E-state index contributed by atoms with van der Waals surface area (Å²) in [5.74, 6) is 0.291. The van der Waals surface area contributed by atoms with Crippen LogP contribution in [0.25, 0.3) is 11.0 Å². The number of hydrogen-bond donors (Lipinski definition) is 1. The summed E-state index contributed by atoms with van der Waals surface area (Å²) >= 11 is 0. The molecule has 0 spiro atoms. The maximum absolute atomic E-state index is 12.4. The molecule has 1 unspecified atom stereocenters. The van der Waals surface area contributed by atoms with Crippen LogP contribution in [0, 0.1) is 0 Å². The molecule has 134 valence electrons. The van der Waals surface area contributed by atoms with Gasteiger partial charge in [0.2, 0.25) is 0 Å². The molecule has 6 nitrogen and oxygen atoms in total. The van der Waals surface area contributed by atoms with Gasteiger partial charge >= 0.3 is 35.9 Å². The number of benzene rings is 1. The number of aromatic nitrogens is 3. The Hall–Kier alpha value is -1.62. The van der Waals surface area contributed by atoms with Crippen LogP contribution < -0.4 is 39.0 Å². The number of methoxy groups -OCH3 is 1. The minimum Gasteiger partial charge on any atom is -1.00 e. The quantitative estimate of drug-likeness (QED) is 0.629. The molecule has 2 aromatic heterocycles. The summed E-state index contributed by atoms with van der Waals surface area (Å²) < 4.78 is 58.1. The number of nitrogens with zero attached hydrogens (tertiary/aromatic N) is 2. The fraction of sp³-hybridized carbons (Fsp3) is 0.200. The fourth-order valence-electron chi connectivity index (χ4n) is 2.13. The van der Waals surface area contributed by atoms with Crippen molar-refractivity contribution in [2.24, 2.45) is 0 Å². The summed E-state index contributed by atoms with van der Waals surface area (Å²) in [6.07, 6.45) is -3.25. The SMILES string of the molecule is COc1ccnc(CS(=O)c2nc3ccc(OC(F)(F)F)cc3[nH]2)c1.[H-].[Na+]. The molecule has 1 N–H and O–H groups in total. The van der Waals surface area contributed by atoms with E-state index in [-0.39, 0.29) is 47.6 Å². The first-order chi connectivity index (χ1) is 11.8. The monoisotopic (exact) mass is 395 g/mol. The van der Waals surface area contributed by atoms with Gasteiger partial charge in [-0.25, -0.2) is 4.98 Å². The van der Waals surface area contributed by atoms with Gasteiger partial charge in [0.1, 0.15) is 11.5 Å². The van der Waals surface area contributed by atoms with Gasteiger partial charge < -0.3 is 15.9 Å². The van der Waals surface area contributed by atoms with Gasteiger partial charge in [-0.2, -0.15) is 0 Å². The molecule has 0 bridgehead atoms. The van der Waals surface area contributed by atoms with Crippen molar-refractivity contribution in [1.29, 1.82) is 0 Å². The van der Waals surface area contributed by atoms with Gasteiger partial charge in [-0.3, -0.25) is 9.19 Å². The van der Waals surface area contributed by atoms with Crippen molar-refractivity contribution in [3.8, 4) is 11.5 Å². The van der Waals surface area contributed by atoms with Crippen molar-refractivity contribution in [2.75, 3.05) is 7.11 Å². The minimum absolute atomic E-state index is 0. The number of aromatic amines is 1. The van der Waals surface area contributed by atoms with Crippen molar-refractivity contribution in [3.63, 3.8) is 0 Å². The van der Waals surface area contributed by atoms with Gasteiger partial charge in [0.05, 0.1) is 40.4 Å². The van der Waals surface area contributed by atoms with E-state index in [0.29, 0.717) is 22.5 Å². The average molecular weight is 395 g/mol. The Labute approximate surface area is 172 Å². The summed E-state index contributed by atoms with van der Waals surface area (Å²) in [5, 5.41) is 0.142. The molecule has 26 heavy (non-hydrogen) atoms. The number of halogens is 3. The molecule has 2 heterocycles. The van der Waals surface area contributed by atoms with E-state index in [1.54, 1.807) is 12.1 Å². The molecule has 3 rings (SSSR count). The van der Waals surface area contributed by atoms with Gasteiger partial charge in [-0.15, -0.1) is 13.2 Å². The van der Waals surface area contributed by atoms with E-state index in [1.165, 1.54) is 19.4 Å². The third-order valence-corrected chi connectivity index (χ3v) is 4.37. The average Bonchev–Trinajstić information content (AvgIpc) is 2.97. The molecule has 11 heteroatoms. The van der Waals surface area contributed by atoms with Crippen LogP contribution in [0.4, 0.5) is 13.2 Å². The van der Waals surface area contributed by atoms with Crippen LogP contribution in [0.2, 0.25) is 0 Å². The van der Waals surface area contributed by atoms with E-state index in [4.69, 9.17) is 4.74 Å². The maximum Gasteiger partial charge on any atom is 1.00 e. The van der Waals surface area contributed by atoms with E-state index >= 15 is 0 Å². The number of imidazole rings is 1. The van der Waals surface area contributed by atoms with Gasteiger partial charge in [-0.05, 0) is 18.2 Å². The second-order valence-corrected chi connectivity index (χ2v) is 6.31. The van der Waals surface area contributed by atoms with Crippen molar-refractivity contribution in [2.45, 2.75) is 17.3 Å². The first-order valence-electron chi connectivity index (χ1n) is 6.97. The third-order valence-electron chi connectivity index (χ3n) is 3.18. The van der Waals surface area contributed by atoms with Gasteiger partial charge in [0.25, 0.3) is 0 Å². The third kappa shape index (κ3) is 5.19. The first-order valence-corrected chi connectivity index (χ1v) is 8.29. The minimum atomic E-state index is -4.78. The number of pyridine rings is 1. The zero-order valence-corrected chi connectivity index (χ0v) is 16.6. The summed E-state index contributed by atoms with van der Waals surface area (Å²) in [6, 6.07) is 6.97. The molecule has 0 aliphatic carbocycles. The van der Waals surface area contributed by atoms with Crippen LogP contribution in [0.15, 0.2) is 41.7 Å². The van der Waals surface area contributed by atoms with Gasteiger partial charge in [0, 0.05) is 18.3 Å². The summed E-state index contributed by atoms with van der Waals surface area (Å²) in [6.45, 7) is 0. The molecule has 0 amide bonds. The molecular formula is C15H13F3N3NaO3S. The van der Waals surface area contributed by atoms with Gasteiger partial charge in [-0.1, -0.05) is 0 Å². The van der Waals surface area contributed by atoms with Gasteiger partial charge in [0.15, 0.2) is 5.16 Å². The van der Waals surface area contributed by atoms with E-state index < -0.39 is 17.2 Å². The van der Waals surface area contributed by atoms with Crippen molar-refractivity contribution < 1.29 is 57.8 Å². The molecule has 0 aliphatic heterocycles. The van der Waals surface area contributed by atoms with E-state index in [1.807, 2.05) is 0 Å². The Morgan fingerprint density at radius 2 is 2.00 bits per heavy atom. The fourth-order valence-corrected chi connectivity index (χ4v) is 3.12. The van der Waals surface area contributed by atoms with Crippen molar-refractivity contribution in [1.82, 2.24) is 15.0 Å². The van der Waals surface area contributed by atoms with Crippen LogP contribution in [0.5, 0.6) is 11.5 Å². The number of nitrogens with one attached hydrogen (secondary N) is 1. The van der Waals surface area contributed by atoms with Crippen molar-refractivity contribution >= 4 is 21.8 Å². The van der Waals surface area contributed by atoms with Crippen LogP contribution >= 0.6 is 0 Å². The number of hydrogen-bond acceptors (Lipinski definition) is 5. The topological polar surface area (TPSA) is 77.1 Å². The molecule has 0 saturated heterocycles. The summed E-state index contributed by atoms with van der Waals surface area (Å²) in [4.78, 5) is 11.0. The molecule has 1 aromatic carbocycles. The zero-order valence-electron chi connectivity index (χ0n) is 14.8. The normalized spacial score (nSPS) is 12.5. The summed E-state index contributed by atoms with van der Waals surface area (Å²) in [5.41, 5.74) is 1.22. The number of rotatable bonds is 5. The van der Waals surface area contributed by atoms with E-state index in [2.05, 4.69) is 19.7 Å². The zero-order chi connectivity index (χ0) is 18.0. The number of fused-ring (bicyclic) bond motifs is 1. The Kier molecular flexibility index (Phi) is 6.67. The summed E-state index contributed by atoms with van der Waals surface area (Å²) in [7, 11) is -0.0409. The number of ether oxygens (including phenoxy) is 2. The molecule has 0 aliphatic rings. The predicted octanol–water partition coefficient (Wildman–Crippen LogP) is 0.289. The number of alkyl halides is 3. The van der Waals surface area contributed by atoms with Crippen LogP contribution in [-0.4, -0.2) is 32.6 Å². The smallest absolute Gasteiger partial charge is 1.00 e. The molecular weight excluding hydrogens is 382 g/mol. The van der Waals surface area contributed by atoms with E-state index in [9.17, 15) is 17.4 Å². The molecule has 0 radical (unpaired) electrons. The van der Waals surface area contributed by atoms with Crippen LogP contribution in [0.3, 0.4) is 0 Å². The molecule has 0 saturated carbocycles. The Morgan fingerprint density at radius 1 is 1.23 bits per heavy atom. The number of H-pyrrole nitrogens is 1. The largest absolute Gasteiger partial charge is 1.00 e. The Bertz CT molecular complexity index is 939. The molecule has 1 atom stereocenters. The molecule has 3 aromatic rings. The molecule has 0 fully saturated rings. The predicted molar refractivity (Wildman–Crippen MR) is 84.8 cm³/mol. The second kappa shape index (κ2) is 8.38. The van der Waals surface area contributed by atoms with Crippen molar-refractivity contribution in [3.05, 3.63) is 42.2 Å².